The van der Waals surface area contributed by atoms with E-state index in [1.807, 2.05) is 22.1 Å². The third-order valence-electron chi connectivity index (χ3n) is 2.69. The second kappa shape index (κ2) is 4.75. The fraction of sp³-hybridized carbons (Fsp3) is 0.250. The number of hydrogen-bond donors (Lipinski definition) is 1. The van der Waals surface area contributed by atoms with Crippen LogP contribution in [0.25, 0.3) is 22.3 Å². The minimum Gasteiger partial charge on any atom is -0.462 e. The molecule has 0 aromatic carbocycles. The standard InChI is InChI=1S/C12H12N4OS2/c1-7(2)16-10(14-15-12(16)18)8-6-19-11(13-8)9-4-3-5-17-9/h3-7H,1-2H3,(H,15,18). The van der Waals surface area contributed by atoms with Gasteiger partial charge in [0.15, 0.2) is 21.4 Å². The van der Waals surface area contributed by atoms with Crippen molar-refractivity contribution in [2.75, 3.05) is 0 Å². The fourth-order valence-electron chi connectivity index (χ4n) is 1.85. The molecule has 0 unspecified atom stereocenters. The number of nitrogens with zero attached hydrogens (tertiary/aromatic N) is 3. The molecule has 0 aliphatic heterocycles. The number of hydrogen-bond acceptors (Lipinski definition) is 5. The summed E-state index contributed by atoms with van der Waals surface area (Å²) in [5, 5.41) is 9.88. The highest BCUT2D eigenvalue weighted by Crippen LogP contribution is 2.29. The molecule has 1 N–H and O–H groups in total. The summed E-state index contributed by atoms with van der Waals surface area (Å²) in [5.74, 6) is 1.52. The zero-order chi connectivity index (χ0) is 13.4. The highest BCUT2D eigenvalue weighted by Gasteiger charge is 2.15. The van der Waals surface area contributed by atoms with Crippen LogP contribution in [-0.2, 0) is 0 Å². The lowest BCUT2D eigenvalue weighted by atomic mass is 10.3. The largest absolute Gasteiger partial charge is 0.462 e. The Morgan fingerprint density at radius 2 is 2.32 bits per heavy atom. The zero-order valence-electron chi connectivity index (χ0n) is 10.5. The first kappa shape index (κ1) is 12.3. The maximum atomic E-state index is 5.34. The molecule has 98 valence electrons. The summed E-state index contributed by atoms with van der Waals surface area (Å²) in [6.07, 6.45) is 1.64. The first-order valence-electron chi connectivity index (χ1n) is 5.83. The average molecular weight is 292 g/mol. The van der Waals surface area contributed by atoms with Crippen LogP contribution in [0.15, 0.2) is 28.2 Å². The predicted molar refractivity (Wildman–Crippen MR) is 76.6 cm³/mol. The predicted octanol–water partition coefficient (Wildman–Crippen LogP) is 3.91. The van der Waals surface area contributed by atoms with Crippen molar-refractivity contribution in [3.8, 4) is 22.3 Å². The number of nitrogens with one attached hydrogen (secondary N) is 1. The second-order valence-electron chi connectivity index (χ2n) is 4.33. The molecule has 0 aliphatic carbocycles. The zero-order valence-corrected chi connectivity index (χ0v) is 12.1. The Morgan fingerprint density at radius 3 is 3.00 bits per heavy atom. The van der Waals surface area contributed by atoms with E-state index in [0.717, 1.165) is 22.3 Å². The van der Waals surface area contributed by atoms with Crippen LogP contribution in [0.5, 0.6) is 0 Å². The van der Waals surface area contributed by atoms with Gasteiger partial charge in [-0.3, -0.25) is 9.67 Å². The van der Waals surface area contributed by atoms with Crippen LogP contribution in [0.1, 0.15) is 19.9 Å². The molecule has 0 atom stereocenters. The number of aromatic nitrogens is 4. The van der Waals surface area contributed by atoms with E-state index < -0.39 is 0 Å². The fourth-order valence-corrected chi connectivity index (χ4v) is 2.96. The monoisotopic (exact) mass is 292 g/mol. The van der Waals surface area contributed by atoms with Crippen molar-refractivity contribution in [2.45, 2.75) is 19.9 Å². The highest BCUT2D eigenvalue weighted by atomic mass is 32.1. The molecule has 0 saturated heterocycles. The molecule has 0 spiro atoms. The molecule has 0 fully saturated rings. The van der Waals surface area contributed by atoms with Crippen LogP contribution in [0.2, 0.25) is 0 Å². The summed E-state index contributed by atoms with van der Waals surface area (Å²) in [6, 6.07) is 3.97. The molecule has 0 bridgehead atoms. The van der Waals surface area contributed by atoms with E-state index in [2.05, 4.69) is 29.0 Å². The van der Waals surface area contributed by atoms with Gasteiger partial charge in [-0.15, -0.1) is 11.3 Å². The third kappa shape index (κ3) is 2.15. The van der Waals surface area contributed by atoms with E-state index >= 15 is 0 Å². The number of aromatic amines is 1. The van der Waals surface area contributed by atoms with Crippen molar-refractivity contribution < 1.29 is 4.42 Å². The van der Waals surface area contributed by atoms with E-state index in [0.29, 0.717) is 4.77 Å². The Balaban J connectivity index is 2.07. The summed E-state index contributed by atoms with van der Waals surface area (Å²) in [5.41, 5.74) is 0.803. The number of H-pyrrole nitrogens is 1. The number of thiazole rings is 1. The molecular formula is C12H12N4OS2. The van der Waals surface area contributed by atoms with Gasteiger partial charge in [-0.05, 0) is 38.2 Å². The lowest BCUT2D eigenvalue weighted by molar-refractivity contribution is 0.581. The minimum absolute atomic E-state index is 0.231. The van der Waals surface area contributed by atoms with Gasteiger partial charge in [0.25, 0.3) is 0 Å². The van der Waals surface area contributed by atoms with Crippen molar-refractivity contribution in [3.05, 3.63) is 28.5 Å². The van der Waals surface area contributed by atoms with Gasteiger partial charge < -0.3 is 4.42 Å². The van der Waals surface area contributed by atoms with Crippen LogP contribution in [0.3, 0.4) is 0 Å². The highest BCUT2D eigenvalue weighted by molar-refractivity contribution is 7.71. The van der Waals surface area contributed by atoms with Gasteiger partial charge in [-0.2, -0.15) is 5.10 Å². The van der Waals surface area contributed by atoms with E-state index in [4.69, 9.17) is 16.6 Å². The summed E-state index contributed by atoms with van der Waals surface area (Å²) < 4.78 is 7.91. The van der Waals surface area contributed by atoms with Crippen molar-refractivity contribution in [1.82, 2.24) is 19.7 Å². The van der Waals surface area contributed by atoms with Gasteiger partial charge >= 0.3 is 0 Å². The first-order chi connectivity index (χ1) is 9.16. The quantitative estimate of drug-likeness (QED) is 0.744. The van der Waals surface area contributed by atoms with Crippen molar-refractivity contribution in [1.29, 1.82) is 0 Å². The van der Waals surface area contributed by atoms with E-state index in [9.17, 15) is 0 Å². The Morgan fingerprint density at radius 1 is 1.47 bits per heavy atom. The SMILES string of the molecule is CC(C)n1c(-c2csc(-c3ccco3)n2)n[nH]c1=S. The summed E-state index contributed by atoms with van der Waals surface area (Å²) in [6.45, 7) is 4.13. The lowest BCUT2D eigenvalue weighted by Crippen LogP contribution is -2.03. The second-order valence-corrected chi connectivity index (χ2v) is 5.58. The summed E-state index contributed by atoms with van der Waals surface area (Å²) in [7, 11) is 0. The van der Waals surface area contributed by atoms with Crippen LogP contribution in [0, 0.1) is 4.77 Å². The van der Waals surface area contributed by atoms with E-state index in [1.165, 1.54) is 11.3 Å². The number of rotatable bonds is 3. The molecule has 7 heteroatoms. The van der Waals surface area contributed by atoms with Crippen LogP contribution in [0.4, 0.5) is 0 Å². The molecule has 0 amide bonds. The molecule has 3 rings (SSSR count). The van der Waals surface area contributed by atoms with Gasteiger partial charge in [0, 0.05) is 11.4 Å². The van der Waals surface area contributed by atoms with Gasteiger partial charge in [0.05, 0.1) is 6.26 Å². The first-order valence-corrected chi connectivity index (χ1v) is 7.12. The average Bonchev–Trinajstić information content (AvgIpc) is 3.07. The minimum atomic E-state index is 0.231. The third-order valence-corrected chi connectivity index (χ3v) is 3.83. The van der Waals surface area contributed by atoms with Gasteiger partial charge in [0.1, 0.15) is 5.69 Å². The lowest BCUT2D eigenvalue weighted by Gasteiger charge is -2.08. The van der Waals surface area contributed by atoms with Crippen LogP contribution < -0.4 is 0 Å². The van der Waals surface area contributed by atoms with Crippen molar-refractivity contribution >= 4 is 23.6 Å². The topological polar surface area (TPSA) is 59.6 Å². The normalized spacial score (nSPS) is 11.3. The smallest absolute Gasteiger partial charge is 0.195 e. The Kier molecular flexibility index (Phi) is 3.08. The molecule has 0 saturated carbocycles. The molecular weight excluding hydrogens is 280 g/mol. The number of furan rings is 1. The summed E-state index contributed by atoms with van der Waals surface area (Å²) >= 11 is 6.76. The van der Waals surface area contributed by atoms with E-state index in [-0.39, 0.29) is 6.04 Å². The van der Waals surface area contributed by atoms with Gasteiger partial charge in [0.2, 0.25) is 0 Å². The maximum Gasteiger partial charge on any atom is 0.195 e. The molecule has 3 aromatic heterocycles. The maximum absolute atomic E-state index is 5.34. The van der Waals surface area contributed by atoms with Crippen molar-refractivity contribution in [2.24, 2.45) is 0 Å². The summed E-state index contributed by atoms with van der Waals surface area (Å²) in [4.78, 5) is 4.55. The van der Waals surface area contributed by atoms with Gasteiger partial charge in [-0.25, -0.2) is 4.98 Å². The molecule has 3 aromatic rings. The Hall–Kier alpha value is -1.73. The molecule has 0 radical (unpaired) electrons. The Labute approximate surface area is 118 Å². The van der Waals surface area contributed by atoms with Crippen LogP contribution >= 0.6 is 23.6 Å². The van der Waals surface area contributed by atoms with Gasteiger partial charge in [-0.1, -0.05) is 0 Å². The van der Waals surface area contributed by atoms with E-state index in [1.54, 1.807) is 6.26 Å². The Bertz CT molecular complexity index is 736. The molecule has 3 heterocycles. The van der Waals surface area contributed by atoms with Crippen molar-refractivity contribution in [3.63, 3.8) is 0 Å². The molecule has 0 aliphatic rings. The molecule has 5 nitrogen and oxygen atoms in total. The molecule has 19 heavy (non-hydrogen) atoms. The van der Waals surface area contributed by atoms with Crippen LogP contribution in [-0.4, -0.2) is 19.7 Å².